The summed E-state index contributed by atoms with van der Waals surface area (Å²) in [7, 11) is 2.10. The fraction of sp³-hybridized carbons (Fsp3) is 1.00. The summed E-state index contributed by atoms with van der Waals surface area (Å²) in [5.41, 5.74) is 0. The summed E-state index contributed by atoms with van der Waals surface area (Å²) in [6.07, 6.45) is 2.54. The van der Waals surface area contributed by atoms with Gasteiger partial charge in [-0.15, -0.1) is 0 Å². The van der Waals surface area contributed by atoms with Crippen molar-refractivity contribution in [3.63, 3.8) is 0 Å². The standard InChI is InChI=1S/C16H37N3/c1-7-15(5)16(17-6)14-19(10-4)13-11-12-18(8-2)9-3/h15-17H,7-14H2,1-6H3. The lowest BCUT2D eigenvalue weighted by Gasteiger charge is -2.30. The van der Waals surface area contributed by atoms with Gasteiger partial charge in [-0.05, 0) is 52.1 Å². The van der Waals surface area contributed by atoms with Gasteiger partial charge in [0.05, 0.1) is 0 Å². The van der Waals surface area contributed by atoms with Crippen molar-refractivity contribution in [2.75, 3.05) is 46.3 Å². The van der Waals surface area contributed by atoms with Gasteiger partial charge in [0.1, 0.15) is 0 Å². The van der Waals surface area contributed by atoms with Crippen LogP contribution in [0.1, 0.15) is 47.5 Å². The van der Waals surface area contributed by atoms with Crippen molar-refractivity contribution in [3.05, 3.63) is 0 Å². The highest BCUT2D eigenvalue weighted by Gasteiger charge is 2.16. The normalized spacial score (nSPS) is 15.2. The molecule has 0 rings (SSSR count). The van der Waals surface area contributed by atoms with E-state index in [1.807, 2.05) is 0 Å². The lowest BCUT2D eigenvalue weighted by Crippen LogP contribution is -2.44. The first-order chi connectivity index (χ1) is 9.12. The van der Waals surface area contributed by atoms with Crippen molar-refractivity contribution in [3.8, 4) is 0 Å². The summed E-state index contributed by atoms with van der Waals surface area (Å²) in [6.45, 7) is 18.6. The highest BCUT2D eigenvalue weighted by molar-refractivity contribution is 4.75. The average molecular weight is 271 g/mol. The van der Waals surface area contributed by atoms with Gasteiger partial charge in [-0.25, -0.2) is 0 Å². The fourth-order valence-electron chi connectivity index (χ4n) is 2.55. The first kappa shape index (κ1) is 18.9. The van der Waals surface area contributed by atoms with E-state index in [4.69, 9.17) is 0 Å². The maximum atomic E-state index is 3.49. The minimum absolute atomic E-state index is 0.624. The van der Waals surface area contributed by atoms with Crippen LogP contribution in [0.4, 0.5) is 0 Å². The summed E-state index contributed by atoms with van der Waals surface area (Å²) in [4.78, 5) is 5.11. The number of rotatable bonds is 12. The van der Waals surface area contributed by atoms with Crippen LogP contribution >= 0.6 is 0 Å². The smallest absolute Gasteiger partial charge is 0.0217 e. The van der Waals surface area contributed by atoms with Crippen molar-refractivity contribution < 1.29 is 0 Å². The molecule has 0 spiro atoms. The molecule has 0 radical (unpaired) electrons. The summed E-state index contributed by atoms with van der Waals surface area (Å²) < 4.78 is 0. The summed E-state index contributed by atoms with van der Waals surface area (Å²) in [6, 6.07) is 0.624. The Kier molecular flexibility index (Phi) is 11.6. The highest BCUT2D eigenvalue weighted by Crippen LogP contribution is 2.09. The predicted molar refractivity (Wildman–Crippen MR) is 86.8 cm³/mol. The van der Waals surface area contributed by atoms with Gasteiger partial charge in [-0.3, -0.25) is 0 Å². The highest BCUT2D eigenvalue weighted by atomic mass is 15.2. The third-order valence-electron chi connectivity index (χ3n) is 4.45. The van der Waals surface area contributed by atoms with Crippen molar-refractivity contribution in [2.24, 2.45) is 5.92 Å². The number of nitrogens with zero attached hydrogens (tertiary/aromatic N) is 2. The zero-order valence-electron chi connectivity index (χ0n) is 14.2. The lowest BCUT2D eigenvalue weighted by molar-refractivity contribution is 0.206. The van der Waals surface area contributed by atoms with Gasteiger partial charge in [-0.1, -0.05) is 41.0 Å². The molecule has 0 aliphatic rings. The second-order valence-electron chi connectivity index (χ2n) is 5.55. The number of nitrogens with one attached hydrogen (secondary N) is 1. The van der Waals surface area contributed by atoms with Gasteiger partial charge in [0.2, 0.25) is 0 Å². The molecule has 19 heavy (non-hydrogen) atoms. The van der Waals surface area contributed by atoms with E-state index in [9.17, 15) is 0 Å². The van der Waals surface area contributed by atoms with Crippen LogP contribution < -0.4 is 5.32 Å². The Bertz CT molecular complexity index is 192. The van der Waals surface area contributed by atoms with E-state index in [-0.39, 0.29) is 0 Å². The SMILES string of the molecule is CCC(C)C(CN(CC)CCCN(CC)CC)NC. The van der Waals surface area contributed by atoms with Gasteiger partial charge < -0.3 is 15.1 Å². The summed E-state index contributed by atoms with van der Waals surface area (Å²) in [5, 5.41) is 3.49. The van der Waals surface area contributed by atoms with Gasteiger partial charge in [0.25, 0.3) is 0 Å². The Balaban J connectivity index is 4.05. The lowest BCUT2D eigenvalue weighted by atomic mass is 9.99. The predicted octanol–water partition coefficient (Wildman–Crippen LogP) is 2.67. The minimum atomic E-state index is 0.624. The van der Waals surface area contributed by atoms with Crippen molar-refractivity contribution in [2.45, 2.75) is 53.5 Å². The van der Waals surface area contributed by atoms with Crippen LogP contribution in [0.5, 0.6) is 0 Å². The molecule has 0 aromatic rings. The number of hydrogen-bond donors (Lipinski definition) is 1. The first-order valence-corrected chi connectivity index (χ1v) is 8.24. The van der Waals surface area contributed by atoms with Crippen LogP contribution in [-0.4, -0.2) is 62.2 Å². The van der Waals surface area contributed by atoms with Crippen LogP contribution in [0, 0.1) is 5.92 Å². The molecule has 0 fully saturated rings. The van der Waals surface area contributed by atoms with E-state index in [1.54, 1.807) is 0 Å². The molecule has 116 valence electrons. The summed E-state index contributed by atoms with van der Waals surface area (Å²) in [5.74, 6) is 0.752. The van der Waals surface area contributed by atoms with Gasteiger partial charge in [-0.2, -0.15) is 0 Å². The Morgan fingerprint density at radius 1 is 0.895 bits per heavy atom. The van der Waals surface area contributed by atoms with Crippen LogP contribution in [-0.2, 0) is 0 Å². The van der Waals surface area contributed by atoms with Crippen LogP contribution in [0.25, 0.3) is 0 Å². The Labute approximate surface area is 121 Å². The van der Waals surface area contributed by atoms with E-state index in [0.29, 0.717) is 6.04 Å². The molecule has 0 bridgehead atoms. The molecule has 0 aromatic heterocycles. The van der Waals surface area contributed by atoms with E-state index in [2.05, 4.69) is 56.8 Å². The molecule has 1 N–H and O–H groups in total. The third-order valence-corrected chi connectivity index (χ3v) is 4.45. The molecule has 3 nitrogen and oxygen atoms in total. The van der Waals surface area contributed by atoms with Gasteiger partial charge in [0.15, 0.2) is 0 Å². The Morgan fingerprint density at radius 2 is 1.42 bits per heavy atom. The monoisotopic (exact) mass is 271 g/mol. The van der Waals surface area contributed by atoms with E-state index < -0.39 is 0 Å². The molecule has 2 atom stereocenters. The maximum Gasteiger partial charge on any atom is 0.0217 e. The third kappa shape index (κ3) is 7.91. The largest absolute Gasteiger partial charge is 0.315 e. The summed E-state index contributed by atoms with van der Waals surface area (Å²) >= 11 is 0. The molecular weight excluding hydrogens is 234 g/mol. The zero-order chi connectivity index (χ0) is 14.7. The van der Waals surface area contributed by atoms with Crippen LogP contribution in [0.3, 0.4) is 0 Å². The number of hydrogen-bond acceptors (Lipinski definition) is 3. The molecule has 0 saturated heterocycles. The molecule has 0 aromatic carbocycles. The van der Waals surface area contributed by atoms with E-state index >= 15 is 0 Å². The second-order valence-corrected chi connectivity index (χ2v) is 5.55. The van der Waals surface area contributed by atoms with E-state index in [1.165, 1.54) is 45.6 Å². The molecule has 2 unspecified atom stereocenters. The molecule has 0 aliphatic heterocycles. The Hall–Kier alpha value is -0.120. The average Bonchev–Trinajstić information content (AvgIpc) is 2.46. The van der Waals surface area contributed by atoms with Crippen molar-refractivity contribution in [1.29, 1.82) is 0 Å². The Morgan fingerprint density at radius 3 is 1.84 bits per heavy atom. The van der Waals surface area contributed by atoms with Crippen molar-refractivity contribution >= 4 is 0 Å². The van der Waals surface area contributed by atoms with Crippen LogP contribution in [0.15, 0.2) is 0 Å². The number of likely N-dealkylation sites (N-methyl/N-ethyl adjacent to an activating group) is 2. The molecule has 3 heteroatoms. The quantitative estimate of drug-likeness (QED) is 0.589. The fourth-order valence-corrected chi connectivity index (χ4v) is 2.55. The van der Waals surface area contributed by atoms with Crippen molar-refractivity contribution in [1.82, 2.24) is 15.1 Å². The second kappa shape index (κ2) is 11.7. The molecule has 0 heterocycles. The molecule has 0 saturated carbocycles. The molecular formula is C16H37N3. The topological polar surface area (TPSA) is 18.5 Å². The van der Waals surface area contributed by atoms with Crippen LogP contribution in [0.2, 0.25) is 0 Å². The zero-order valence-corrected chi connectivity index (χ0v) is 14.2. The maximum absolute atomic E-state index is 3.49. The van der Waals surface area contributed by atoms with E-state index in [0.717, 1.165) is 12.5 Å². The minimum Gasteiger partial charge on any atom is -0.315 e. The van der Waals surface area contributed by atoms with Gasteiger partial charge >= 0.3 is 0 Å². The molecule has 0 aliphatic carbocycles. The van der Waals surface area contributed by atoms with Gasteiger partial charge in [0, 0.05) is 12.6 Å². The molecule has 0 amide bonds. The first-order valence-electron chi connectivity index (χ1n) is 8.24.